The van der Waals surface area contributed by atoms with Crippen LogP contribution in [0.1, 0.15) is 46.4 Å². The van der Waals surface area contributed by atoms with Gasteiger partial charge in [0.05, 0.1) is 23.4 Å². The lowest BCUT2D eigenvalue weighted by molar-refractivity contribution is 0.0738. The van der Waals surface area contributed by atoms with Gasteiger partial charge in [-0.15, -0.1) is 11.3 Å². The molecule has 0 bridgehead atoms. The van der Waals surface area contributed by atoms with Gasteiger partial charge in [-0.05, 0) is 13.3 Å². The molecule has 2 aromatic heterocycles. The van der Waals surface area contributed by atoms with Crippen LogP contribution in [0.25, 0.3) is 0 Å². The number of nitrogens with zero attached hydrogens (tertiary/aromatic N) is 4. The summed E-state index contributed by atoms with van der Waals surface area (Å²) in [6.45, 7) is 5.97. The molecule has 7 nitrogen and oxygen atoms in total. The lowest BCUT2D eigenvalue weighted by atomic mass is 10.1. The number of unbranched alkanes of at least 4 members (excludes halogenated alkanes) is 1. The van der Waals surface area contributed by atoms with Crippen molar-refractivity contribution < 1.29 is 4.79 Å². The van der Waals surface area contributed by atoms with Gasteiger partial charge in [0.15, 0.2) is 0 Å². The summed E-state index contributed by atoms with van der Waals surface area (Å²) in [5.41, 5.74) is 10.2. The highest BCUT2D eigenvalue weighted by Crippen LogP contribution is 2.26. The first kappa shape index (κ1) is 16.6. The predicted octanol–water partition coefficient (Wildman–Crippen LogP) is 2.23. The van der Waals surface area contributed by atoms with Crippen LogP contribution in [-0.2, 0) is 13.0 Å². The van der Waals surface area contributed by atoms with Crippen LogP contribution in [0.4, 0.5) is 11.8 Å². The van der Waals surface area contributed by atoms with Crippen molar-refractivity contribution in [3.8, 4) is 0 Å². The van der Waals surface area contributed by atoms with E-state index < -0.39 is 0 Å². The highest BCUT2D eigenvalue weighted by atomic mass is 32.1. The van der Waals surface area contributed by atoms with Crippen molar-refractivity contribution in [3.05, 3.63) is 27.3 Å². The molecule has 0 saturated heterocycles. The highest BCUT2D eigenvalue weighted by molar-refractivity contribution is 7.11. The van der Waals surface area contributed by atoms with Crippen molar-refractivity contribution in [3.63, 3.8) is 0 Å². The number of hydrogen-bond donors (Lipinski definition) is 2. The van der Waals surface area contributed by atoms with Crippen LogP contribution in [0.2, 0.25) is 0 Å². The number of amides is 1. The maximum absolute atomic E-state index is 12.7. The summed E-state index contributed by atoms with van der Waals surface area (Å²) in [7, 11) is 0. The van der Waals surface area contributed by atoms with Crippen LogP contribution in [0.15, 0.2) is 5.51 Å². The number of carbonyl (C=O) groups is 1. The van der Waals surface area contributed by atoms with Gasteiger partial charge in [0.1, 0.15) is 10.7 Å². The molecule has 8 heteroatoms. The van der Waals surface area contributed by atoms with Crippen LogP contribution in [0, 0.1) is 6.92 Å². The third kappa shape index (κ3) is 3.33. The van der Waals surface area contributed by atoms with E-state index in [2.05, 4.69) is 27.2 Å². The minimum atomic E-state index is 0.0250. The zero-order chi connectivity index (χ0) is 17.1. The van der Waals surface area contributed by atoms with Gasteiger partial charge in [-0.1, -0.05) is 13.3 Å². The Morgan fingerprint density at radius 2 is 2.29 bits per heavy atom. The molecule has 3 rings (SSSR count). The fraction of sp³-hybridized carbons (Fsp3) is 0.500. The molecule has 0 aromatic carbocycles. The van der Waals surface area contributed by atoms with E-state index in [1.54, 1.807) is 5.51 Å². The van der Waals surface area contributed by atoms with Gasteiger partial charge in [-0.2, -0.15) is 4.98 Å². The standard InChI is InChI=1S/C16H22N6OS/c1-3-4-6-18-14-11-8-22(7-5-12(11)20-16(17)21-14)15(23)13-10(2)19-9-24-13/h9H,3-8H2,1-2H3,(H3,17,18,20,21). The Kier molecular flexibility index (Phi) is 4.94. The minimum absolute atomic E-state index is 0.0250. The summed E-state index contributed by atoms with van der Waals surface area (Å²) in [6.07, 6.45) is 2.85. The molecular weight excluding hydrogens is 324 g/mol. The second-order valence-electron chi connectivity index (χ2n) is 5.88. The van der Waals surface area contributed by atoms with Crippen molar-refractivity contribution >= 4 is 29.0 Å². The van der Waals surface area contributed by atoms with Crippen molar-refractivity contribution in [2.75, 3.05) is 24.1 Å². The SMILES string of the molecule is CCCCNc1nc(N)nc2c1CN(C(=O)c1scnc1C)CC2. The molecular formula is C16H22N6OS. The molecule has 3 heterocycles. The van der Waals surface area contributed by atoms with E-state index in [4.69, 9.17) is 5.73 Å². The molecule has 0 atom stereocenters. The van der Waals surface area contributed by atoms with E-state index >= 15 is 0 Å². The zero-order valence-corrected chi connectivity index (χ0v) is 14.8. The maximum Gasteiger partial charge on any atom is 0.266 e. The molecule has 3 N–H and O–H groups in total. The van der Waals surface area contributed by atoms with Gasteiger partial charge in [0.2, 0.25) is 5.95 Å². The van der Waals surface area contributed by atoms with Crippen LogP contribution < -0.4 is 11.1 Å². The number of aryl methyl sites for hydroxylation is 1. The van der Waals surface area contributed by atoms with E-state index in [0.29, 0.717) is 24.4 Å². The van der Waals surface area contributed by atoms with Crippen molar-refractivity contribution in [2.45, 2.75) is 39.7 Å². The summed E-state index contributed by atoms with van der Waals surface area (Å²) in [5, 5.41) is 3.34. The fourth-order valence-corrected chi connectivity index (χ4v) is 3.56. The number of nitrogens with one attached hydrogen (secondary N) is 1. The summed E-state index contributed by atoms with van der Waals surface area (Å²) in [4.78, 5) is 28.2. The second kappa shape index (κ2) is 7.12. The lowest BCUT2D eigenvalue weighted by Crippen LogP contribution is -2.37. The first-order valence-electron chi connectivity index (χ1n) is 8.18. The Bertz CT molecular complexity index is 744. The van der Waals surface area contributed by atoms with E-state index in [0.717, 1.165) is 42.2 Å². The number of aromatic nitrogens is 3. The zero-order valence-electron chi connectivity index (χ0n) is 14.0. The van der Waals surface area contributed by atoms with E-state index in [-0.39, 0.29) is 11.9 Å². The van der Waals surface area contributed by atoms with Gasteiger partial charge < -0.3 is 16.0 Å². The number of rotatable bonds is 5. The maximum atomic E-state index is 12.7. The van der Waals surface area contributed by atoms with Crippen molar-refractivity contribution in [1.82, 2.24) is 19.9 Å². The first-order valence-corrected chi connectivity index (χ1v) is 9.06. The van der Waals surface area contributed by atoms with Crippen LogP contribution >= 0.6 is 11.3 Å². The smallest absolute Gasteiger partial charge is 0.266 e. The molecule has 2 aromatic rings. The molecule has 1 aliphatic heterocycles. The molecule has 0 spiro atoms. The number of thiazole rings is 1. The van der Waals surface area contributed by atoms with Gasteiger partial charge in [-0.3, -0.25) is 4.79 Å². The predicted molar refractivity (Wildman–Crippen MR) is 95.1 cm³/mol. The molecule has 0 radical (unpaired) electrons. The number of anilines is 2. The molecule has 128 valence electrons. The largest absolute Gasteiger partial charge is 0.370 e. The first-order chi connectivity index (χ1) is 11.6. The van der Waals surface area contributed by atoms with Crippen LogP contribution in [-0.4, -0.2) is 38.8 Å². The van der Waals surface area contributed by atoms with Gasteiger partial charge in [0, 0.05) is 25.1 Å². The topological polar surface area (TPSA) is 97.0 Å². The normalized spacial score (nSPS) is 13.7. The third-order valence-corrected chi connectivity index (χ3v) is 5.04. The average Bonchev–Trinajstić information content (AvgIpc) is 3.00. The lowest BCUT2D eigenvalue weighted by Gasteiger charge is -2.29. The summed E-state index contributed by atoms with van der Waals surface area (Å²) in [6, 6.07) is 0. The molecule has 0 saturated carbocycles. The Hall–Kier alpha value is -2.22. The number of hydrogen-bond acceptors (Lipinski definition) is 7. The molecule has 1 aliphatic rings. The Morgan fingerprint density at radius 1 is 1.46 bits per heavy atom. The van der Waals surface area contributed by atoms with Crippen molar-refractivity contribution in [1.29, 1.82) is 0 Å². The minimum Gasteiger partial charge on any atom is -0.370 e. The van der Waals surface area contributed by atoms with Crippen LogP contribution in [0.3, 0.4) is 0 Å². The van der Waals surface area contributed by atoms with Gasteiger partial charge in [-0.25, -0.2) is 9.97 Å². The molecule has 1 amide bonds. The highest BCUT2D eigenvalue weighted by Gasteiger charge is 2.27. The molecule has 0 fully saturated rings. The summed E-state index contributed by atoms with van der Waals surface area (Å²) in [5.74, 6) is 1.06. The van der Waals surface area contributed by atoms with E-state index in [1.807, 2.05) is 11.8 Å². The van der Waals surface area contributed by atoms with Gasteiger partial charge in [0.25, 0.3) is 5.91 Å². The molecule has 0 aliphatic carbocycles. The number of nitrogens with two attached hydrogens (primary N) is 1. The molecule has 0 unspecified atom stereocenters. The third-order valence-electron chi connectivity index (χ3n) is 4.13. The Labute approximate surface area is 145 Å². The average molecular weight is 346 g/mol. The second-order valence-corrected chi connectivity index (χ2v) is 6.73. The van der Waals surface area contributed by atoms with Crippen LogP contribution in [0.5, 0.6) is 0 Å². The Balaban J connectivity index is 1.83. The number of nitrogen functional groups attached to an aromatic ring is 1. The van der Waals surface area contributed by atoms with E-state index in [1.165, 1.54) is 11.3 Å². The summed E-state index contributed by atoms with van der Waals surface area (Å²) < 4.78 is 0. The monoisotopic (exact) mass is 346 g/mol. The van der Waals surface area contributed by atoms with Crippen molar-refractivity contribution in [2.24, 2.45) is 0 Å². The fourth-order valence-electron chi connectivity index (χ4n) is 2.79. The summed E-state index contributed by atoms with van der Waals surface area (Å²) >= 11 is 1.39. The number of carbonyl (C=O) groups excluding carboxylic acids is 1. The van der Waals surface area contributed by atoms with E-state index in [9.17, 15) is 4.79 Å². The number of fused-ring (bicyclic) bond motifs is 1. The molecule has 24 heavy (non-hydrogen) atoms. The Morgan fingerprint density at radius 3 is 3.00 bits per heavy atom. The quantitative estimate of drug-likeness (QED) is 0.806. The van der Waals surface area contributed by atoms with Gasteiger partial charge >= 0.3 is 0 Å².